The molecule has 4 nitrogen and oxygen atoms in total. The number of rotatable bonds is 4. The molecule has 0 unspecified atom stereocenters. The summed E-state index contributed by atoms with van der Waals surface area (Å²) in [5.41, 5.74) is 6.11. The highest BCUT2D eigenvalue weighted by atomic mass is 16.2. The molecule has 0 aliphatic heterocycles. The van der Waals surface area contributed by atoms with Gasteiger partial charge in [0.1, 0.15) is 5.65 Å². The van der Waals surface area contributed by atoms with Gasteiger partial charge in [0.05, 0.1) is 17.8 Å². The van der Waals surface area contributed by atoms with Crippen molar-refractivity contribution in [1.82, 2.24) is 14.3 Å². The van der Waals surface area contributed by atoms with Crippen molar-refractivity contribution in [2.75, 3.05) is 13.6 Å². The van der Waals surface area contributed by atoms with Crippen molar-refractivity contribution in [3.63, 3.8) is 0 Å². The summed E-state index contributed by atoms with van der Waals surface area (Å²) in [7, 11) is 1.84. The summed E-state index contributed by atoms with van der Waals surface area (Å²) in [6.07, 6.45) is 2.40. The fraction of sp³-hybridized carbons (Fsp3) is 0.300. The van der Waals surface area contributed by atoms with E-state index in [-0.39, 0.29) is 5.91 Å². The average molecular weight is 321 g/mol. The predicted molar refractivity (Wildman–Crippen MR) is 97.1 cm³/mol. The number of likely N-dealkylation sites (N-methyl/N-ethyl adjacent to an activating group) is 1. The molecule has 0 bridgehead atoms. The molecule has 0 aliphatic carbocycles. The number of carbonyl (C=O) groups is 1. The third-order valence-electron chi connectivity index (χ3n) is 4.41. The molecule has 0 aliphatic rings. The zero-order valence-electron chi connectivity index (χ0n) is 14.7. The van der Waals surface area contributed by atoms with Crippen LogP contribution in [0.1, 0.15) is 23.7 Å². The minimum atomic E-state index is 0.106. The van der Waals surface area contributed by atoms with E-state index in [1.54, 1.807) is 4.90 Å². The van der Waals surface area contributed by atoms with Crippen LogP contribution in [0.4, 0.5) is 0 Å². The monoisotopic (exact) mass is 321 g/mol. The maximum Gasteiger partial charge on any atom is 0.228 e. The first-order valence-corrected chi connectivity index (χ1v) is 8.28. The van der Waals surface area contributed by atoms with Crippen LogP contribution >= 0.6 is 0 Å². The minimum Gasteiger partial charge on any atom is -0.346 e. The number of carbonyl (C=O) groups excluding carboxylic acids is 1. The zero-order chi connectivity index (χ0) is 17.3. The van der Waals surface area contributed by atoms with Crippen LogP contribution in [0.25, 0.3) is 16.9 Å². The van der Waals surface area contributed by atoms with Crippen LogP contribution in [-0.2, 0) is 11.2 Å². The van der Waals surface area contributed by atoms with Crippen LogP contribution in [0.5, 0.6) is 0 Å². The van der Waals surface area contributed by atoms with Crippen molar-refractivity contribution >= 4 is 11.6 Å². The summed E-state index contributed by atoms with van der Waals surface area (Å²) >= 11 is 0. The Hall–Kier alpha value is -2.62. The molecule has 3 aromatic rings. The van der Waals surface area contributed by atoms with E-state index >= 15 is 0 Å². The third-order valence-corrected chi connectivity index (χ3v) is 4.41. The highest BCUT2D eigenvalue weighted by Gasteiger charge is 2.18. The third kappa shape index (κ3) is 3.04. The molecule has 0 spiro atoms. The van der Waals surface area contributed by atoms with Crippen LogP contribution in [0.2, 0.25) is 0 Å². The second-order valence-electron chi connectivity index (χ2n) is 6.29. The Bertz CT molecular complexity index is 878. The largest absolute Gasteiger partial charge is 0.346 e. The van der Waals surface area contributed by atoms with Gasteiger partial charge in [-0.1, -0.05) is 35.9 Å². The summed E-state index contributed by atoms with van der Waals surface area (Å²) < 4.78 is 2.05. The number of fused-ring (bicyclic) bond motifs is 1. The molecule has 1 amide bonds. The molecule has 4 heteroatoms. The SMILES string of the molecule is CCN(C)C(=O)Cc1c(-c2ccc(C)cc2)nc2ccc(C)cn12. The van der Waals surface area contributed by atoms with Crippen LogP contribution in [-0.4, -0.2) is 33.8 Å². The Morgan fingerprint density at radius 1 is 1.08 bits per heavy atom. The van der Waals surface area contributed by atoms with Gasteiger partial charge < -0.3 is 9.30 Å². The number of hydrogen-bond donors (Lipinski definition) is 0. The van der Waals surface area contributed by atoms with Crippen LogP contribution < -0.4 is 0 Å². The number of nitrogens with zero attached hydrogens (tertiary/aromatic N) is 3. The highest BCUT2D eigenvalue weighted by molar-refractivity contribution is 5.81. The first-order chi connectivity index (χ1) is 11.5. The van der Waals surface area contributed by atoms with Gasteiger partial charge in [-0.25, -0.2) is 4.98 Å². The summed E-state index contributed by atoms with van der Waals surface area (Å²) in [6, 6.07) is 12.3. The van der Waals surface area contributed by atoms with Gasteiger partial charge in [0.2, 0.25) is 5.91 Å². The molecule has 2 heterocycles. The van der Waals surface area contributed by atoms with Gasteiger partial charge in [0.15, 0.2) is 0 Å². The van der Waals surface area contributed by atoms with E-state index in [0.29, 0.717) is 13.0 Å². The maximum absolute atomic E-state index is 12.5. The maximum atomic E-state index is 12.5. The normalized spacial score (nSPS) is 11.0. The van der Waals surface area contributed by atoms with Gasteiger partial charge in [0, 0.05) is 25.4 Å². The Morgan fingerprint density at radius 3 is 2.42 bits per heavy atom. The van der Waals surface area contributed by atoms with Crippen molar-refractivity contribution in [2.45, 2.75) is 27.2 Å². The number of benzene rings is 1. The molecule has 24 heavy (non-hydrogen) atoms. The molecule has 0 N–H and O–H groups in total. The van der Waals surface area contributed by atoms with E-state index < -0.39 is 0 Å². The van der Waals surface area contributed by atoms with Gasteiger partial charge >= 0.3 is 0 Å². The summed E-state index contributed by atoms with van der Waals surface area (Å²) in [4.78, 5) is 19.0. The predicted octanol–water partition coefficient (Wildman–Crippen LogP) is 3.64. The number of aryl methyl sites for hydroxylation is 2. The molecule has 124 valence electrons. The second kappa shape index (κ2) is 6.48. The molecule has 0 fully saturated rings. The zero-order valence-corrected chi connectivity index (χ0v) is 14.7. The number of aromatic nitrogens is 2. The Balaban J connectivity index is 2.15. The van der Waals surface area contributed by atoms with Crippen LogP contribution in [0.15, 0.2) is 42.6 Å². The van der Waals surface area contributed by atoms with E-state index in [9.17, 15) is 4.79 Å². The molecular formula is C20H23N3O. The van der Waals surface area contributed by atoms with Gasteiger partial charge in [-0.3, -0.25) is 4.79 Å². The van der Waals surface area contributed by atoms with Crippen molar-refractivity contribution in [3.8, 4) is 11.3 Å². The van der Waals surface area contributed by atoms with Crippen molar-refractivity contribution < 1.29 is 4.79 Å². The lowest BCUT2D eigenvalue weighted by molar-refractivity contribution is -0.129. The van der Waals surface area contributed by atoms with Crippen molar-refractivity contribution in [2.24, 2.45) is 0 Å². The summed E-state index contributed by atoms with van der Waals surface area (Å²) in [5, 5.41) is 0. The highest BCUT2D eigenvalue weighted by Crippen LogP contribution is 2.26. The summed E-state index contributed by atoms with van der Waals surface area (Å²) in [5.74, 6) is 0.106. The van der Waals surface area contributed by atoms with Gasteiger partial charge in [-0.2, -0.15) is 0 Å². The van der Waals surface area contributed by atoms with Gasteiger partial charge in [-0.15, -0.1) is 0 Å². The van der Waals surface area contributed by atoms with Crippen molar-refractivity contribution in [1.29, 1.82) is 0 Å². The lowest BCUT2D eigenvalue weighted by Gasteiger charge is -2.15. The lowest BCUT2D eigenvalue weighted by Crippen LogP contribution is -2.28. The molecule has 1 aromatic carbocycles. The van der Waals surface area contributed by atoms with E-state index in [4.69, 9.17) is 4.98 Å². The fourth-order valence-corrected chi connectivity index (χ4v) is 2.77. The molecule has 0 radical (unpaired) electrons. The molecular weight excluding hydrogens is 298 g/mol. The second-order valence-corrected chi connectivity index (χ2v) is 6.29. The number of imidazole rings is 1. The van der Waals surface area contributed by atoms with E-state index in [1.165, 1.54) is 5.56 Å². The average Bonchev–Trinajstić information content (AvgIpc) is 2.92. The van der Waals surface area contributed by atoms with E-state index in [1.807, 2.05) is 30.5 Å². The molecule has 2 aromatic heterocycles. The Kier molecular flexibility index (Phi) is 4.38. The standard InChI is InChI=1S/C20H23N3O/c1-5-22(4)19(24)12-17-20(16-9-6-14(2)7-10-16)21-18-11-8-15(3)13-23(17)18/h6-11,13H,5,12H2,1-4H3. The molecule has 0 saturated heterocycles. The van der Waals surface area contributed by atoms with E-state index in [2.05, 4.69) is 44.3 Å². The van der Waals surface area contributed by atoms with Gasteiger partial charge in [-0.05, 0) is 32.4 Å². The minimum absolute atomic E-state index is 0.106. The number of pyridine rings is 1. The first kappa shape index (κ1) is 16.2. The van der Waals surface area contributed by atoms with Crippen molar-refractivity contribution in [3.05, 3.63) is 59.4 Å². The smallest absolute Gasteiger partial charge is 0.228 e. The van der Waals surface area contributed by atoms with E-state index in [0.717, 1.165) is 28.2 Å². The van der Waals surface area contributed by atoms with Crippen LogP contribution in [0, 0.1) is 13.8 Å². The number of amides is 1. The number of hydrogen-bond acceptors (Lipinski definition) is 2. The first-order valence-electron chi connectivity index (χ1n) is 8.28. The molecule has 0 atom stereocenters. The topological polar surface area (TPSA) is 37.6 Å². The quantitative estimate of drug-likeness (QED) is 0.736. The lowest BCUT2D eigenvalue weighted by atomic mass is 10.1. The molecule has 0 saturated carbocycles. The summed E-state index contributed by atoms with van der Waals surface area (Å²) in [6.45, 7) is 6.80. The Labute approximate surface area is 142 Å². The fourth-order valence-electron chi connectivity index (χ4n) is 2.77. The Morgan fingerprint density at radius 2 is 1.75 bits per heavy atom. The van der Waals surface area contributed by atoms with Gasteiger partial charge in [0.25, 0.3) is 0 Å². The van der Waals surface area contributed by atoms with Crippen LogP contribution in [0.3, 0.4) is 0 Å². The molecule has 3 rings (SSSR count).